The minimum atomic E-state index is -0.248. The van der Waals surface area contributed by atoms with E-state index in [9.17, 15) is 4.39 Å². The number of aromatic nitrogens is 3. The Balaban J connectivity index is 1.62. The Morgan fingerprint density at radius 2 is 1.73 bits per heavy atom. The molecule has 3 aromatic rings. The number of pyridine rings is 1. The Labute approximate surface area is 151 Å². The van der Waals surface area contributed by atoms with Gasteiger partial charge < -0.3 is 9.72 Å². The van der Waals surface area contributed by atoms with Crippen LogP contribution in [0.2, 0.25) is 0 Å². The summed E-state index contributed by atoms with van der Waals surface area (Å²) in [5, 5.41) is 0. The Bertz CT molecular complexity index is 842. The van der Waals surface area contributed by atoms with Crippen LogP contribution < -0.4 is 0 Å². The van der Waals surface area contributed by atoms with Crippen LogP contribution in [0.5, 0.6) is 0 Å². The number of aromatic amines is 1. The quantitative estimate of drug-likeness (QED) is 0.766. The molecule has 1 N–H and O–H groups in total. The summed E-state index contributed by atoms with van der Waals surface area (Å²) >= 11 is 0. The van der Waals surface area contributed by atoms with Crippen molar-refractivity contribution in [2.75, 3.05) is 32.8 Å². The van der Waals surface area contributed by atoms with Gasteiger partial charge in [-0.05, 0) is 36.4 Å². The standard InChI is InChI=1S/C20H21FN4O/c21-17-3-1-15(2-4-17)19-20(16-5-8-22-9-6-16)24-18(23-19)7-10-25-11-13-26-14-12-25/h1-6,8-9H,7,10-14H2,(H,23,24). The Hall–Kier alpha value is -2.57. The average molecular weight is 352 g/mol. The van der Waals surface area contributed by atoms with Gasteiger partial charge in [-0.25, -0.2) is 9.37 Å². The van der Waals surface area contributed by atoms with Gasteiger partial charge in [0, 0.05) is 49.6 Å². The van der Waals surface area contributed by atoms with Gasteiger partial charge in [-0.2, -0.15) is 0 Å². The molecule has 5 nitrogen and oxygen atoms in total. The Morgan fingerprint density at radius 1 is 1.00 bits per heavy atom. The number of ether oxygens (including phenoxy) is 1. The van der Waals surface area contributed by atoms with Crippen molar-refractivity contribution in [1.29, 1.82) is 0 Å². The van der Waals surface area contributed by atoms with E-state index in [0.29, 0.717) is 0 Å². The van der Waals surface area contributed by atoms with Crippen LogP contribution in [0.25, 0.3) is 22.5 Å². The fourth-order valence-electron chi connectivity index (χ4n) is 3.17. The number of H-pyrrole nitrogens is 1. The molecule has 4 rings (SSSR count). The summed E-state index contributed by atoms with van der Waals surface area (Å²) < 4.78 is 18.7. The van der Waals surface area contributed by atoms with Crippen molar-refractivity contribution in [3.63, 3.8) is 0 Å². The second-order valence-electron chi connectivity index (χ2n) is 6.35. The smallest absolute Gasteiger partial charge is 0.123 e. The van der Waals surface area contributed by atoms with E-state index < -0.39 is 0 Å². The molecule has 0 amide bonds. The molecule has 0 radical (unpaired) electrons. The SMILES string of the molecule is Fc1ccc(-c2nc(CCN3CCOCC3)[nH]c2-c2ccncc2)cc1. The molecule has 0 spiro atoms. The number of nitrogens with zero attached hydrogens (tertiary/aromatic N) is 3. The minimum Gasteiger partial charge on any atom is -0.379 e. The molecule has 0 aliphatic carbocycles. The van der Waals surface area contributed by atoms with Gasteiger partial charge in [-0.3, -0.25) is 9.88 Å². The highest BCUT2D eigenvalue weighted by molar-refractivity contribution is 5.78. The van der Waals surface area contributed by atoms with Crippen LogP contribution in [0.3, 0.4) is 0 Å². The lowest BCUT2D eigenvalue weighted by atomic mass is 10.1. The summed E-state index contributed by atoms with van der Waals surface area (Å²) in [5.74, 6) is 0.685. The first kappa shape index (κ1) is 16.9. The van der Waals surface area contributed by atoms with E-state index in [1.165, 1.54) is 12.1 Å². The third-order valence-corrected chi connectivity index (χ3v) is 4.61. The Kier molecular flexibility index (Phi) is 5.04. The van der Waals surface area contributed by atoms with E-state index in [2.05, 4.69) is 14.9 Å². The number of halogens is 1. The summed E-state index contributed by atoms with van der Waals surface area (Å²) in [6.45, 7) is 4.45. The molecule has 0 bridgehead atoms. The predicted octanol–water partition coefficient (Wildman–Crippen LogP) is 3.15. The highest BCUT2D eigenvalue weighted by atomic mass is 19.1. The van der Waals surface area contributed by atoms with Crippen molar-refractivity contribution in [2.24, 2.45) is 0 Å². The van der Waals surface area contributed by atoms with Gasteiger partial charge >= 0.3 is 0 Å². The lowest BCUT2D eigenvalue weighted by Crippen LogP contribution is -2.37. The molecule has 3 heterocycles. The molecule has 0 saturated carbocycles. The van der Waals surface area contributed by atoms with Crippen LogP contribution in [0.1, 0.15) is 5.82 Å². The average Bonchev–Trinajstić information content (AvgIpc) is 3.13. The fourth-order valence-corrected chi connectivity index (χ4v) is 3.17. The summed E-state index contributed by atoms with van der Waals surface area (Å²) in [4.78, 5) is 14.7. The van der Waals surface area contributed by atoms with Gasteiger partial charge in [0.1, 0.15) is 11.6 Å². The van der Waals surface area contributed by atoms with Crippen molar-refractivity contribution < 1.29 is 9.13 Å². The largest absolute Gasteiger partial charge is 0.379 e. The van der Waals surface area contributed by atoms with E-state index in [4.69, 9.17) is 9.72 Å². The van der Waals surface area contributed by atoms with Crippen LogP contribution in [0.15, 0.2) is 48.8 Å². The fraction of sp³-hybridized carbons (Fsp3) is 0.300. The molecule has 134 valence electrons. The first-order valence-electron chi connectivity index (χ1n) is 8.85. The van der Waals surface area contributed by atoms with Crippen LogP contribution in [0.4, 0.5) is 4.39 Å². The van der Waals surface area contributed by atoms with E-state index in [1.807, 2.05) is 12.1 Å². The molecule has 2 aromatic heterocycles. The molecule has 0 atom stereocenters. The minimum absolute atomic E-state index is 0.248. The molecule has 1 aromatic carbocycles. The highest BCUT2D eigenvalue weighted by Gasteiger charge is 2.16. The number of rotatable bonds is 5. The first-order valence-corrected chi connectivity index (χ1v) is 8.85. The normalized spacial score (nSPS) is 15.3. The number of hydrogen-bond donors (Lipinski definition) is 1. The maximum Gasteiger partial charge on any atom is 0.123 e. The number of morpholine rings is 1. The molecule has 0 unspecified atom stereocenters. The van der Waals surface area contributed by atoms with Crippen LogP contribution in [0, 0.1) is 5.82 Å². The number of nitrogens with one attached hydrogen (secondary N) is 1. The monoisotopic (exact) mass is 352 g/mol. The van der Waals surface area contributed by atoms with Gasteiger partial charge in [0.15, 0.2) is 0 Å². The van der Waals surface area contributed by atoms with Gasteiger partial charge in [-0.15, -0.1) is 0 Å². The summed E-state index contributed by atoms with van der Waals surface area (Å²) in [7, 11) is 0. The molecule has 6 heteroatoms. The summed E-state index contributed by atoms with van der Waals surface area (Å²) in [5.41, 5.74) is 3.70. The van der Waals surface area contributed by atoms with Crippen LogP contribution in [-0.4, -0.2) is 52.7 Å². The second kappa shape index (κ2) is 7.76. The lowest BCUT2D eigenvalue weighted by Gasteiger charge is -2.26. The highest BCUT2D eigenvalue weighted by Crippen LogP contribution is 2.30. The van der Waals surface area contributed by atoms with Gasteiger partial charge in [-0.1, -0.05) is 0 Å². The molecule has 1 fully saturated rings. The zero-order valence-corrected chi connectivity index (χ0v) is 14.5. The molecule has 1 aliphatic heterocycles. The van der Waals surface area contributed by atoms with Gasteiger partial charge in [0.2, 0.25) is 0 Å². The van der Waals surface area contributed by atoms with E-state index in [0.717, 1.165) is 67.6 Å². The summed E-state index contributed by atoms with van der Waals surface area (Å²) in [6.07, 6.45) is 4.36. The zero-order chi connectivity index (χ0) is 17.8. The van der Waals surface area contributed by atoms with Crippen LogP contribution in [-0.2, 0) is 11.2 Å². The van der Waals surface area contributed by atoms with E-state index in [1.54, 1.807) is 24.5 Å². The summed E-state index contributed by atoms with van der Waals surface area (Å²) in [6, 6.07) is 10.4. The van der Waals surface area contributed by atoms with Gasteiger partial charge in [0.25, 0.3) is 0 Å². The maximum atomic E-state index is 13.3. The zero-order valence-electron chi connectivity index (χ0n) is 14.5. The third kappa shape index (κ3) is 3.81. The topological polar surface area (TPSA) is 54.0 Å². The Morgan fingerprint density at radius 3 is 2.46 bits per heavy atom. The lowest BCUT2D eigenvalue weighted by molar-refractivity contribution is 0.0382. The van der Waals surface area contributed by atoms with E-state index in [-0.39, 0.29) is 5.82 Å². The number of benzene rings is 1. The van der Waals surface area contributed by atoms with Crippen molar-refractivity contribution in [3.05, 3.63) is 60.4 Å². The molecular formula is C20H21FN4O. The number of imidazole rings is 1. The predicted molar refractivity (Wildman–Crippen MR) is 98.2 cm³/mol. The number of hydrogen-bond acceptors (Lipinski definition) is 4. The molecule has 1 saturated heterocycles. The molecule has 26 heavy (non-hydrogen) atoms. The van der Waals surface area contributed by atoms with E-state index >= 15 is 0 Å². The van der Waals surface area contributed by atoms with Crippen LogP contribution >= 0.6 is 0 Å². The third-order valence-electron chi connectivity index (χ3n) is 4.61. The van der Waals surface area contributed by atoms with Crippen molar-refractivity contribution in [2.45, 2.75) is 6.42 Å². The molecule has 1 aliphatic rings. The first-order chi connectivity index (χ1) is 12.8. The van der Waals surface area contributed by atoms with Crippen molar-refractivity contribution >= 4 is 0 Å². The van der Waals surface area contributed by atoms with Crippen molar-refractivity contribution in [3.8, 4) is 22.5 Å². The maximum absolute atomic E-state index is 13.3. The van der Waals surface area contributed by atoms with Crippen molar-refractivity contribution in [1.82, 2.24) is 19.9 Å². The van der Waals surface area contributed by atoms with Gasteiger partial charge in [0.05, 0.1) is 24.6 Å². The molecular weight excluding hydrogens is 331 g/mol. The second-order valence-corrected chi connectivity index (χ2v) is 6.35.